The summed E-state index contributed by atoms with van der Waals surface area (Å²) in [6.45, 7) is -6.39. The summed E-state index contributed by atoms with van der Waals surface area (Å²) in [7, 11) is -4.32. The van der Waals surface area contributed by atoms with Crippen molar-refractivity contribution in [3.63, 3.8) is 0 Å². The van der Waals surface area contributed by atoms with Gasteiger partial charge in [0.15, 0.2) is 0 Å². The minimum atomic E-state index is -4.32. The van der Waals surface area contributed by atoms with Crippen LogP contribution in [0, 0.1) is 0 Å². The highest BCUT2D eigenvalue weighted by Gasteiger charge is 2.44. The Bertz CT molecular complexity index is 1360. The van der Waals surface area contributed by atoms with E-state index in [0.717, 1.165) is 0 Å². The molecule has 0 radical (unpaired) electrons. The van der Waals surface area contributed by atoms with Gasteiger partial charge in [0.05, 0.1) is 6.54 Å². The Morgan fingerprint density at radius 3 is 1.83 bits per heavy atom. The number of rotatable bonds is 9. The Hall–Kier alpha value is -4.06. The van der Waals surface area contributed by atoms with Crippen LogP contribution >= 0.6 is 0 Å². The van der Waals surface area contributed by atoms with Crippen molar-refractivity contribution in [1.29, 1.82) is 0 Å². The number of ether oxygens (including phenoxy) is 2. The van der Waals surface area contributed by atoms with Crippen LogP contribution in [0.5, 0.6) is 11.5 Å². The molecule has 0 fully saturated rings. The predicted octanol–water partition coefficient (Wildman–Crippen LogP) is 5.04. The van der Waals surface area contributed by atoms with Crippen molar-refractivity contribution in [2.24, 2.45) is 0 Å². The van der Waals surface area contributed by atoms with E-state index in [4.69, 9.17) is 0 Å². The molecular formula is C24H18F4N2O5S. The van der Waals surface area contributed by atoms with Gasteiger partial charge in [0, 0.05) is 5.69 Å². The fraction of sp³-hybridized carbons (Fsp3) is 0.125. The molecule has 12 heteroatoms. The van der Waals surface area contributed by atoms with Crippen molar-refractivity contribution in [3.8, 4) is 11.5 Å². The van der Waals surface area contributed by atoms with Gasteiger partial charge in [0.1, 0.15) is 22.1 Å². The summed E-state index contributed by atoms with van der Waals surface area (Å²) in [5.41, 5.74) is 0.644. The Kier molecular flexibility index (Phi) is 7.15. The van der Waals surface area contributed by atoms with Gasteiger partial charge in [-0.2, -0.15) is 17.6 Å². The monoisotopic (exact) mass is 522 g/mol. The first kappa shape index (κ1) is 25.0. The van der Waals surface area contributed by atoms with Gasteiger partial charge in [-0.3, -0.25) is 4.79 Å². The van der Waals surface area contributed by atoms with Gasteiger partial charge in [-0.15, -0.1) is 0 Å². The van der Waals surface area contributed by atoms with Gasteiger partial charge in [-0.05, 0) is 47.5 Å². The third-order valence-electron chi connectivity index (χ3n) is 5.08. The minimum absolute atomic E-state index is 0.112. The number of carbonyl (C=O) groups is 1. The van der Waals surface area contributed by atoms with Crippen LogP contribution in [-0.4, -0.2) is 31.9 Å². The maximum Gasteiger partial charge on any atom is 0.387 e. The molecule has 4 rings (SSSR count). The number of carbonyl (C=O) groups excluding carboxylic acids is 1. The van der Waals surface area contributed by atoms with E-state index in [1.54, 1.807) is 18.2 Å². The zero-order valence-corrected chi connectivity index (χ0v) is 19.1. The van der Waals surface area contributed by atoms with Crippen LogP contribution < -0.4 is 14.8 Å². The van der Waals surface area contributed by atoms with E-state index in [1.807, 2.05) is 0 Å². The lowest BCUT2D eigenvalue weighted by atomic mass is 10.1. The molecule has 36 heavy (non-hydrogen) atoms. The summed E-state index contributed by atoms with van der Waals surface area (Å²) in [5, 5.41) is 2.78. The molecule has 1 amide bonds. The zero-order chi connectivity index (χ0) is 25.9. The smallest absolute Gasteiger partial charge is 0.387 e. The Balaban J connectivity index is 1.66. The predicted molar refractivity (Wildman–Crippen MR) is 123 cm³/mol. The third-order valence-corrected chi connectivity index (χ3v) is 6.91. The minimum Gasteiger partial charge on any atom is -0.435 e. The normalized spacial score (nSPS) is 15.1. The maximum atomic E-state index is 13.5. The molecule has 3 aromatic carbocycles. The van der Waals surface area contributed by atoms with Crippen LogP contribution in [0.15, 0.2) is 84.6 Å². The standard InChI is InChI=1S/C24H18F4N2O5S/c25-23(26)34-18-10-6-15(7-11-18)14-30-22(31)20(21(36(30,32)33)16-4-2-1-3-5-16)29-17-8-12-19(13-9-17)35-24(27)28/h1-13,23-24,29H,14H2. The molecule has 0 aromatic heterocycles. The molecule has 7 nitrogen and oxygen atoms in total. The number of sulfonamides is 1. The average Bonchev–Trinajstić information content (AvgIpc) is 3.01. The van der Waals surface area contributed by atoms with Gasteiger partial charge in [0.25, 0.3) is 15.9 Å². The highest BCUT2D eigenvalue weighted by molar-refractivity contribution is 7.99. The largest absolute Gasteiger partial charge is 0.435 e. The molecule has 0 saturated heterocycles. The second-order valence-corrected chi connectivity index (χ2v) is 9.24. The molecule has 1 aliphatic rings. The van der Waals surface area contributed by atoms with Gasteiger partial charge in [-0.1, -0.05) is 42.5 Å². The van der Waals surface area contributed by atoms with Crippen LogP contribution in [-0.2, 0) is 21.4 Å². The lowest BCUT2D eigenvalue weighted by Gasteiger charge is -2.17. The molecular weight excluding hydrogens is 504 g/mol. The fourth-order valence-electron chi connectivity index (χ4n) is 3.53. The van der Waals surface area contributed by atoms with Gasteiger partial charge in [0.2, 0.25) is 0 Å². The zero-order valence-electron chi connectivity index (χ0n) is 18.3. The number of nitrogens with one attached hydrogen (secondary N) is 1. The molecule has 3 aromatic rings. The quantitative estimate of drug-likeness (QED) is 0.397. The first-order chi connectivity index (χ1) is 17.1. The van der Waals surface area contributed by atoms with Crippen LogP contribution in [0.2, 0.25) is 0 Å². The van der Waals surface area contributed by atoms with E-state index >= 15 is 0 Å². The van der Waals surface area contributed by atoms with E-state index in [9.17, 15) is 30.8 Å². The van der Waals surface area contributed by atoms with Gasteiger partial charge in [-0.25, -0.2) is 12.7 Å². The highest BCUT2D eigenvalue weighted by atomic mass is 32.2. The summed E-state index contributed by atoms with van der Waals surface area (Å²) < 4.78 is 85.8. The van der Waals surface area contributed by atoms with E-state index in [-0.39, 0.29) is 39.9 Å². The van der Waals surface area contributed by atoms with Crippen molar-refractivity contribution in [2.45, 2.75) is 19.8 Å². The number of hydrogen-bond donors (Lipinski definition) is 1. The van der Waals surface area contributed by atoms with Crippen molar-refractivity contribution in [1.82, 2.24) is 4.31 Å². The topological polar surface area (TPSA) is 84.9 Å². The van der Waals surface area contributed by atoms with E-state index in [0.29, 0.717) is 9.87 Å². The molecule has 188 valence electrons. The van der Waals surface area contributed by atoms with Crippen LogP contribution in [0.3, 0.4) is 0 Å². The Morgan fingerprint density at radius 2 is 1.31 bits per heavy atom. The second kappa shape index (κ2) is 10.3. The molecule has 1 heterocycles. The van der Waals surface area contributed by atoms with E-state index in [2.05, 4.69) is 14.8 Å². The van der Waals surface area contributed by atoms with Crippen LogP contribution in [0.4, 0.5) is 23.2 Å². The number of benzene rings is 3. The van der Waals surface area contributed by atoms with Crippen molar-refractivity contribution >= 4 is 26.5 Å². The number of alkyl halides is 4. The molecule has 0 unspecified atom stereocenters. The molecule has 0 spiro atoms. The molecule has 0 aliphatic carbocycles. The summed E-state index contributed by atoms with van der Waals surface area (Å²) in [5.74, 6) is -1.08. The second-order valence-electron chi connectivity index (χ2n) is 7.44. The van der Waals surface area contributed by atoms with E-state index < -0.39 is 29.2 Å². The van der Waals surface area contributed by atoms with Crippen LogP contribution in [0.1, 0.15) is 11.1 Å². The third kappa shape index (κ3) is 5.43. The summed E-state index contributed by atoms with van der Waals surface area (Å²) in [6.07, 6.45) is 0. The molecule has 1 N–H and O–H groups in total. The summed E-state index contributed by atoms with van der Waals surface area (Å²) in [4.78, 5) is 13.1. The molecule has 0 bridgehead atoms. The Labute approximate surface area is 203 Å². The van der Waals surface area contributed by atoms with Gasteiger partial charge >= 0.3 is 13.2 Å². The number of hydrogen-bond acceptors (Lipinski definition) is 6. The number of amides is 1. The van der Waals surface area contributed by atoms with Crippen molar-refractivity contribution < 1.29 is 40.2 Å². The molecule has 0 atom stereocenters. The Morgan fingerprint density at radius 1 is 0.778 bits per heavy atom. The lowest BCUT2D eigenvalue weighted by Crippen LogP contribution is -2.31. The summed E-state index contributed by atoms with van der Waals surface area (Å²) >= 11 is 0. The first-order valence-corrected chi connectivity index (χ1v) is 11.8. The summed E-state index contributed by atoms with van der Waals surface area (Å²) in [6, 6.07) is 18.4. The maximum absolute atomic E-state index is 13.5. The highest BCUT2D eigenvalue weighted by Crippen LogP contribution is 2.37. The average molecular weight is 522 g/mol. The van der Waals surface area contributed by atoms with Crippen molar-refractivity contribution in [2.75, 3.05) is 5.32 Å². The molecule has 0 saturated carbocycles. The van der Waals surface area contributed by atoms with Crippen molar-refractivity contribution in [3.05, 3.63) is 95.7 Å². The van der Waals surface area contributed by atoms with Gasteiger partial charge < -0.3 is 14.8 Å². The first-order valence-electron chi connectivity index (χ1n) is 10.4. The number of halogens is 4. The fourth-order valence-corrected chi connectivity index (χ4v) is 5.21. The van der Waals surface area contributed by atoms with Crippen LogP contribution in [0.25, 0.3) is 4.91 Å². The SMILES string of the molecule is O=C1C(Nc2ccc(OC(F)F)cc2)=C(c2ccccc2)S(=O)(=O)N1Cc1ccc(OC(F)F)cc1. The number of anilines is 1. The van der Waals surface area contributed by atoms with E-state index in [1.165, 1.54) is 60.7 Å². The number of nitrogens with zero attached hydrogens (tertiary/aromatic N) is 1. The lowest BCUT2D eigenvalue weighted by molar-refractivity contribution is -0.122. The molecule has 1 aliphatic heterocycles.